The van der Waals surface area contributed by atoms with E-state index in [0.717, 1.165) is 57.6 Å². The summed E-state index contributed by atoms with van der Waals surface area (Å²) in [7, 11) is 0. The molecular formula is C18H25N3O4. The van der Waals surface area contributed by atoms with Gasteiger partial charge in [-0.15, -0.1) is 0 Å². The second kappa shape index (κ2) is 6.71. The lowest BCUT2D eigenvalue weighted by molar-refractivity contribution is -0.142. The molecule has 3 saturated heterocycles. The topological polar surface area (TPSA) is 75.0 Å². The summed E-state index contributed by atoms with van der Waals surface area (Å²) in [5, 5.41) is 2.73. The second-order valence-electron chi connectivity index (χ2n) is 7.42. The molecule has 4 heterocycles. The fraction of sp³-hybridized carbons (Fsp3) is 0.667. The maximum atomic E-state index is 12.9. The maximum absolute atomic E-state index is 12.9. The van der Waals surface area contributed by atoms with Crippen LogP contribution in [0.15, 0.2) is 22.8 Å². The van der Waals surface area contributed by atoms with Crippen molar-refractivity contribution < 1.29 is 18.7 Å². The molecule has 1 aromatic heterocycles. The molecule has 3 fully saturated rings. The fourth-order valence-corrected chi connectivity index (χ4v) is 4.23. The van der Waals surface area contributed by atoms with Crippen molar-refractivity contribution in [3.63, 3.8) is 0 Å². The third-order valence-electron chi connectivity index (χ3n) is 5.61. The maximum Gasteiger partial charge on any atom is 0.407 e. The molecule has 0 radical (unpaired) electrons. The lowest BCUT2D eigenvalue weighted by Crippen LogP contribution is -2.54. The Kier molecular flexibility index (Phi) is 4.41. The van der Waals surface area contributed by atoms with Crippen LogP contribution in [0.4, 0.5) is 4.79 Å². The molecule has 2 amide bonds. The van der Waals surface area contributed by atoms with Crippen LogP contribution in [0.25, 0.3) is 0 Å². The molecule has 1 aromatic rings. The Labute approximate surface area is 147 Å². The highest BCUT2D eigenvalue weighted by Gasteiger charge is 2.45. The largest absolute Gasteiger partial charge is 0.468 e. The van der Waals surface area contributed by atoms with Gasteiger partial charge < -0.3 is 19.4 Å². The third kappa shape index (κ3) is 3.51. The zero-order valence-corrected chi connectivity index (χ0v) is 14.4. The molecule has 3 aliphatic rings. The quantitative estimate of drug-likeness (QED) is 0.899. The van der Waals surface area contributed by atoms with Gasteiger partial charge >= 0.3 is 6.09 Å². The first-order valence-corrected chi connectivity index (χ1v) is 9.14. The second-order valence-corrected chi connectivity index (χ2v) is 7.42. The van der Waals surface area contributed by atoms with Gasteiger partial charge in [0.25, 0.3) is 0 Å². The summed E-state index contributed by atoms with van der Waals surface area (Å²) in [5.41, 5.74) is -0.509. The number of hydrogen-bond acceptors (Lipinski definition) is 5. The van der Waals surface area contributed by atoms with Crippen molar-refractivity contribution in [3.8, 4) is 0 Å². The lowest BCUT2D eigenvalue weighted by atomic mass is 9.90. The van der Waals surface area contributed by atoms with Crippen LogP contribution in [-0.2, 0) is 16.1 Å². The Bertz CT molecular complexity index is 624. The number of hydrogen-bond donors (Lipinski definition) is 1. The summed E-state index contributed by atoms with van der Waals surface area (Å²) in [6, 6.07) is 3.89. The SMILES string of the molecule is O=C1NCC2(CCCN(C(=O)C3CCN(Cc4ccco4)CC3)C2)O1. The molecule has 0 aliphatic carbocycles. The van der Waals surface area contributed by atoms with E-state index in [4.69, 9.17) is 9.15 Å². The minimum absolute atomic E-state index is 0.0769. The van der Waals surface area contributed by atoms with Crippen LogP contribution in [-0.4, -0.2) is 60.1 Å². The highest BCUT2D eigenvalue weighted by molar-refractivity contribution is 5.79. The van der Waals surface area contributed by atoms with Gasteiger partial charge in [0.05, 0.1) is 25.9 Å². The van der Waals surface area contributed by atoms with Gasteiger partial charge in [0.1, 0.15) is 11.4 Å². The van der Waals surface area contributed by atoms with Crippen LogP contribution in [0, 0.1) is 5.92 Å². The first kappa shape index (κ1) is 16.4. The van der Waals surface area contributed by atoms with E-state index in [9.17, 15) is 9.59 Å². The summed E-state index contributed by atoms with van der Waals surface area (Å²) >= 11 is 0. The molecule has 0 bridgehead atoms. The van der Waals surface area contributed by atoms with Crippen molar-refractivity contribution in [1.82, 2.24) is 15.1 Å². The molecule has 1 spiro atoms. The van der Waals surface area contributed by atoms with E-state index in [-0.39, 0.29) is 17.9 Å². The number of amides is 2. The molecule has 1 atom stereocenters. The minimum atomic E-state index is -0.509. The monoisotopic (exact) mass is 347 g/mol. The number of carbonyl (C=O) groups is 2. The number of ether oxygens (including phenoxy) is 1. The molecule has 25 heavy (non-hydrogen) atoms. The van der Waals surface area contributed by atoms with Gasteiger partial charge in [-0.25, -0.2) is 4.79 Å². The van der Waals surface area contributed by atoms with Crippen LogP contribution in [0.3, 0.4) is 0 Å². The van der Waals surface area contributed by atoms with E-state index < -0.39 is 5.60 Å². The van der Waals surface area contributed by atoms with Gasteiger partial charge in [0.2, 0.25) is 5.91 Å². The molecular weight excluding hydrogens is 322 g/mol. The minimum Gasteiger partial charge on any atom is -0.468 e. The number of rotatable bonds is 3. The Morgan fingerprint density at radius 2 is 2.16 bits per heavy atom. The number of nitrogens with one attached hydrogen (secondary N) is 1. The Hall–Kier alpha value is -2.02. The summed E-state index contributed by atoms with van der Waals surface area (Å²) in [4.78, 5) is 28.6. The Balaban J connectivity index is 1.30. The van der Waals surface area contributed by atoms with Gasteiger partial charge in [-0.1, -0.05) is 0 Å². The Morgan fingerprint density at radius 1 is 1.32 bits per heavy atom. The van der Waals surface area contributed by atoms with Crippen molar-refractivity contribution in [2.45, 2.75) is 37.8 Å². The molecule has 7 heteroatoms. The summed E-state index contributed by atoms with van der Waals surface area (Å²) in [6.45, 7) is 4.43. The fourth-order valence-electron chi connectivity index (χ4n) is 4.23. The van der Waals surface area contributed by atoms with Gasteiger partial charge in [0, 0.05) is 12.5 Å². The van der Waals surface area contributed by atoms with Gasteiger partial charge in [-0.05, 0) is 50.9 Å². The highest BCUT2D eigenvalue weighted by atomic mass is 16.6. The van der Waals surface area contributed by atoms with Gasteiger partial charge in [-0.2, -0.15) is 0 Å². The molecule has 0 aromatic carbocycles. The highest BCUT2D eigenvalue weighted by Crippen LogP contribution is 2.30. The lowest BCUT2D eigenvalue weighted by Gasteiger charge is -2.40. The molecule has 7 nitrogen and oxygen atoms in total. The average Bonchev–Trinajstić information content (AvgIpc) is 3.25. The van der Waals surface area contributed by atoms with Crippen LogP contribution in [0.1, 0.15) is 31.4 Å². The smallest absolute Gasteiger partial charge is 0.407 e. The molecule has 4 rings (SSSR count). The summed E-state index contributed by atoms with van der Waals surface area (Å²) < 4.78 is 10.9. The van der Waals surface area contributed by atoms with Crippen LogP contribution in [0.5, 0.6) is 0 Å². The average molecular weight is 347 g/mol. The van der Waals surface area contributed by atoms with Crippen molar-refractivity contribution in [2.24, 2.45) is 5.92 Å². The van der Waals surface area contributed by atoms with E-state index in [1.807, 2.05) is 17.0 Å². The first-order chi connectivity index (χ1) is 12.1. The third-order valence-corrected chi connectivity index (χ3v) is 5.61. The first-order valence-electron chi connectivity index (χ1n) is 9.14. The number of likely N-dealkylation sites (tertiary alicyclic amines) is 2. The predicted octanol–water partition coefficient (Wildman–Crippen LogP) is 1.59. The summed E-state index contributed by atoms with van der Waals surface area (Å²) in [5.74, 6) is 1.27. The molecule has 3 aliphatic heterocycles. The van der Waals surface area contributed by atoms with E-state index in [2.05, 4.69) is 10.2 Å². The van der Waals surface area contributed by atoms with E-state index in [1.54, 1.807) is 6.26 Å². The van der Waals surface area contributed by atoms with E-state index >= 15 is 0 Å². The van der Waals surface area contributed by atoms with Crippen molar-refractivity contribution in [2.75, 3.05) is 32.7 Å². The zero-order valence-electron chi connectivity index (χ0n) is 14.4. The number of alkyl carbamates (subject to hydrolysis) is 1. The predicted molar refractivity (Wildman–Crippen MR) is 89.7 cm³/mol. The molecule has 1 N–H and O–H groups in total. The number of carbonyl (C=O) groups excluding carboxylic acids is 2. The summed E-state index contributed by atoms with van der Waals surface area (Å²) in [6.07, 6.45) is 4.81. The number of piperidine rings is 2. The van der Waals surface area contributed by atoms with Crippen LogP contribution < -0.4 is 5.32 Å². The molecule has 0 saturated carbocycles. The molecule has 1 unspecified atom stereocenters. The number of furan rings is 1. The van der Waals surface area contributed by atoms with E-state index in [1.165, 1.54) is 0 Å². The van der Waals surface area contributed by atoms with Crippen molar-refractivity contribution >= 4 is 12.0 Å². The Morgan fingerprint density at radius 3 is 2.84 bits per heavy atom. The van der Waals surface area contributed by atoms with Crippen molar-refractivity contribution in [3.05, 3.63) is 24.2 Å². The van der Waals surface area contributed by atoms with Crippen molar-refractivity contribution in [1.29, 1.82) is 0 Å². The van der Waals surface area contributed by atoms with E-state index in [0.29, 0.717) is 13.1 Å². The van der Waals surface area contributed by atoms with Crippen LogP contribution in [0.2, 0.25) is 0 Å². The number of nitrogens with zero attached hydrogens (tertiary/aromatic N) is 2. The van der Waals surface area contributed by atoms with Gasteiger partial charge in [0.15, 0.2) is 0 Å². The van der Waals surface area contributed by atoms with Gasteiger partial charge in [-0.3, -0.25) is 9.69 Å². The normalized spacial score (nSPS) is 28.2. The zero-order chi connectivity index (χ0) is 17.3. The molecule has 136 valence electrons. The standard InChI is InChI=1S/C18H25N3O4/c22-16(21-7-2-6-18(13-21)12-19-17(23)25-18)14-4-8-20(9-5-14)11-15-3-1-10-24-15/h1,3,10,14H,2,4-9,11-13H2,(H,19,23). The van der Waals surface area contributed by atoms with Crippen LogP contribution >= 0.6 is 0 Å².